The molecule has 0 saturated carbocycles. The third-order valence-corrected chi connectivity index (χ3v) is 7.21. The van der Waals surface area contributed by atoms with Crippen LogP contribution in [0.4, 0.5) is 14.5 Å². The molecule has 1 aliphatic heterocycles. The number of pyridine rings is 1. The van der Waals surface area contributed by atoms with E-state index in [0.717, 1.165) is 23.4 Å². The molecule has 3 N–H and O–H groups in total. The number of amides is 1. The minimum Gasteiger partial charge on any atom is -0.508 e. The summed E-state index contributed by atoms with van der Waals surface area (Å²) in [5.41, 5.74) is 8.81. The number of nitrogens with two attached hydrogens (primary N) is 1. The summed E-state index contributed by atoms with van der Waals surface area (Å²) in [4.78, 5) is 24.7. The molecule has 1 fully saturated rings. The van der Waals surface area contributed by atoms with Crippen molar-refractivity contribution in [2.75, 3.05) is 25.0 Å². The maximum Gasteiger partial charge on any atom is 0.219 e. The first-order valence-electron chi connectivity index (χ1n) is 12.3. The van der Waals surface area contributed by atoms with Crippen LogP contribution in [-0.2, 0) is 11.2 Å². The van der Waals surface area contributed by atoms with Gasteiger partial charge in [0.25, 0.3) is 0 Å². The van der Waals surface area contributed by atoms with Gasteiger partial charge < -0.3 is 20.6 Å². The highest BCUT2D eigenvalue weighted by Gasteiger charge is 2.36. The molecular weight excluding hydrogens is 492 g/mol. The lowest BCUT2D eigenvalue weighted by Gasteiger charge is -2.46. The van der Waals surface area contributed by atoms with Gasteiger partial charge in [-0.2, -0.15) is 5.10 Å². The molecule has 4 heterocycles. The third-order valence-electron chi connectivity index (χ3n) is 7.21. The van der Waals surface area contributed by atoms with Gasteiger partial charge in [0, 0.05) is 75.3 Å². The molecule has 0 aliphatic carbocycles. The van der Waals surface area contributed by atoms with E-state index in [0.29, 0.717) is 30.9 Å². The number of fused-ring (bicyclic) bond motifs is 1. The molecule has 0 bridgehead atoms. The number of phenolic OH excluding ortho intramolecular Hbond substituents is 1. The molecule has 38 heavy (non-hydrogen) atoms. The smallest absolute Gasteiger partial charge is 0.219 e. The number of anilines is 1. The predicted molar refractivity (Wildman–Crippen MR) is 139 cm³/mol. The first-order chi connectivity index (χ1) is 18.1. The van der Waals surface area contributed by atoms with Gasteiger partial charge in [0.05, 0.1) is 29.0 Å². The number of phenols is 1. The molecule has 1 saturated heterocycles. The largest absolute Gasteiger partial charge is 0.508 e. The molecule has 0 radical (unpaired) electrons. The van der Waals surface area contributed by atoms with Crippen LogP contribution in [0.15, 0.2) is 48.9 Å². The molecule has 1 amide bonds. The van der Waals surface area contributed by atoms with Crippen molar-refractivity contribution in [3.63, 3.8) is 0 Å². The van der Waals surface area contributed by atoms with E-state index in [4.69, 9.17) is 5.73 Å². The van der Waals surface area contributed by atoms with E-state index < -0.39 is 17.4 Å². The van der Waals surface area contributed by atoms with Crippen molar-refractivity contribution in [3.05, 3.63) is 71.9 Å². The van der Waals surface area contributed by atoms with Gasteiger partial charge in [-0.05, 0) is 24.1 Å². The Morgan fingerprint density at radius 1 is 1.18 bits per heavy atom. The van der Waals surface area contributed by atoms with Gasteiger partial charge >= 0.3 is 0 Å². The summed E-state index contributed by atoms with van der Waals surface area (Å²) in [5.74, 6) is -1.62. The van der Waals surface area contributed by atoms with Gasteiger partial charge in [-0.15, -0.1) is 0 Å². The van der Waals surface area contributed by atoms with E-state index in [1.165, 1.54) is 6.07 Å². The van der Waals surface area contributed by atoms with Crippen LogP contribution in [0.1, 0.15) is 25.2 Å². The standard InChI is InChI=1S/C27H29F2N7O2/c1-15-13-35(14-22(30)27(15)34(3)16(2)37)24-6-7-31-11-17(24)8-25-32-12-18-4-5-23(33-36(18)25)26-20(28)9-19(38)10-21(26)29/h4-7,9-12,15,22,27,38H,8,13-14,30H2,1-3H3/t15-,22+,27-/m0/s1. The SMILES string of the molecule is CC(=O)N(C)[C@@H]1[C@H](N)CN(c2ccncc2Cc2ncc3ccc(-c4c(F)cc(O)cc4F)nn23)C[C@@H]1C. The molecule has 0 unspecified atom stereocenters. The molecule has 5 rings (SSSR count). The highest BCUT2D eigenvalue weighted by atomic mass is 19.1. The number of carbonyl (C=O) groups excluding carboxylic acids is 1. The van der Waals surface area contributed by atoms with E-state index in [2.05, 4.69) is 26.9 Å². The number of imidazole rings is 1. The highest BCUT2D eigenvalue weighted by molar-refractivity contribution is 5.73. The predicted octanol–water partition coefficient (Wildman–Crippen LogP) is 3.00. The van der Waals surface area contributed by atoms with Crippen LogP contribution in [0.5, 0.6) is 5.75 Å². The zero-order valence-corrected chi connectivity index (χ0v) is 21.3. The fourth-order valence-electron chi connectivity index (χ4n) is 5.42. The van der Waals surface area contributed by atoms with Crippen LogP contribution in [0.3, 0.4) is 0 Å². The van der Waals surface area contributed by atoms with Gasteiger partial charge in [-0.1, -0.05) is 6.92 Å². The molecule has 1 aliphatic rings. The molecule has 198 valence electrons. The molecular formula is C27H29F2N7O2. The Balaban J connectivity index is 1.46. The minimum atomic E-state index is -0.908. The van der Waals surface area contributed by atoms with E-state index >= 15 is 0 Å². The van der Waals surface area contributed by atoms with Gasteiger partial charge in [0.1, 0.15) is 23.2 Å². The Kier molecular flexibility index (Phi) is 6.70. The van der Waals surface area contributed by atoms with Gasteiger partial charge in [-0.3, -0.25) is 9.78 Å². The van der Waals surface area contributed by atoms with Gasteiger partial charge in [-0.25, -0.2) is 18.3 Å². The number of rotatable bonds is 5. The Hall–Kier alpha value is -4.12. The zero-order valence-electron chi connectivity index (χ0n) is 21.3. The number of hydrogen-bond donors (Lipinski definition) is 2. The van der Waals surface area contributed by atoms with E-state index in [1.54, 1.807) is 48.0 Å². The monoisotopic (exact) mass is 521 g/mol. The maximum atomic E-state index is 14.5. The maximum absolute atomic E-state index is 14.5. The van der Waals surface area contributed by atoms with Crippen molar-refractivity contribution < 1.29 is 18.7 Å². The number of nitrogens with zero attached hydrogens (tertiary/aromatic N) is 6. The lowest BCUT2D eigenvalue weighted by Crippen LogP contribution is -2.62. The summed E-state index contributed by atoms with van der Waals surface area (Å²) in [7, 11) is 1.79. The zero-order chi connectivity index (χ0) is 27.1. The second-order valence-corrected chi connectivity index (χ2v) is 9.86. The van der Waals surface area contributed by atoms with Gasteiger partial charge in [0.15, 0.2) is 0 Å². The molecule has 9 nitrogen and oxygen atoms in total. The third kappa shape index (κ3) is 4.65. The molecule has 0 spiro atoms. The molecule has 4 aromatic rings. The van der Waals surface area contributed by atoms with E-state index in [1.807, 2.05) is 6.07 Å². The first-order valence-corrected chi connectivity index (χ1v) is 12.3. The Morgan fingerprint density at radius 3 is 2.61 bits per heavy atom. The lowest BCUT2D eigenvalue weighted by atomic mass is 9.88. The summed E-state index contributed by atoms with van der Waals surface area (Å²) in [6.45, 7) is 4.91. The van der Waals surface area contributed by atoms with Crippen LogP contribution in [0, 0.1) is 17.6 Å². The number of hydrogen-bond acceptors (Lipinski definition) is 7. The van der Waals surface area contributed by atoms with Gasteiger partial charge in [0.2, 0.25) is 5.91 Å². The quantitative estimate of drug-likeness (QED) is 0.415. The first kappa shape index (κ1) is 25.5. The van der Waals surface area contributed by atoms with Crippen LogP contribution in [0.2, 0.25) is 0 Å². The number of aromatic nitrogens is 4. The van der Waals surface area contributed by atoms with Crippen LogP contribution in [-0.4, -0.2) is 67.7 Å². The van der Waals surface area contributed by atoms with E-state index in [-0.39, 0.29) is 35.2 Å². The number of piperidine rings is 1. The Bertz CT molecular complexity index is 1470. The van der Waals surface area contributed by atoms with E-state index in [9.17, 15) is 18.7 Å². The number of likely N-dealkylation sites (N-methyl/N-ethyl adjacent to an activating group) is 1. The summed E-state index contributed by atoms with van der Waals surface area (Å²) < 4.78 is 30.6. The molecule has 3 aromatic heterocycles. The Labute approximate surface area is 218 Å². The second kappa shape index (κ2) is 9.97. The van der Waals surface area contributed by atoms with Crippen LogP contribution in [0.25, 0.3) is 16.8 Å². The minimum absolute atomic E-state index is 0.0135. The summed E-state index contributed by atoms with van der Waals surface area (Å²) in [5, 5.41) is 14.0. The molecule has 1 aromatic carbocycles. The lowest BCUT2D eigenvalue weighted by molar-refractivity contribution is -0.131. The summed E-state index contributed by atoms with van der Waals surface area (Å²) in [6.07, 6.45) is 5.50. The normalized spacial score (nSPS) is 19.6. The number of carbonyl (C=O) groups is 1. The fraction of sp³-hybridized carbons (Fsp3) is 0.333. The average Bonchev–Trinajstić information content (AvgIpc) is 3.25. The number of benzene rings is 1. The molecule has 11 heteroatoms. The van der Waals surface area contributed by atoms with Crippen molar-refractivity contribution >= 4 is 17.1 Å². The summed E-state index contributed by atoms with van der Waals surface area (Å²) in [6, 6.07) is 6.54. The number of aromatic hydroxyl groups is 1. The fourth-order valence-corrected chi connectivity index (χ4v) is 5.42. The Morgan fingerprint density at radius 2 is 1.92 bits per heavy atom. The number of halogens is 2. The van der Waals surface area contributed by atoms with Crippen LogP contribution < -0.4 is 10.6 Å². The van der Waals surface area contributed by atoms with Crippen molar-refractivity contribution in [3.8, 4) is 17.0 Å². The summed E-state index contributed by atoms with van der Waals surface area (Å²) >= 11 is 0. The topological polar surface area (TPSA) is 113 Å². The highest BCUT2D eigenvalue weighted by Crippen LogP contribution is 2.31. The average molecular weight is 522 g/mol. The van der Waals surface area contributed by atoms with Crippen molar-refractivity contribution in [2.24, 2.45) is 11.7 Å². The molecule has 3 atom stereocenters. The second-order valence-electron chi connectivity index (χ2n) is 9.86. The van der Waals surface area contributed by atoms with Crippen molar-refractivity contribution in [1.82, 2.24) is 24.5 Å². The van der Waals surface area contributed by atoms with Crippen molar-refractivity contribution in [1.29, 1.82) is 0 Å². The van der Waals surface area contributed by atoms with Crippen LogP contribution >= 0.6 is 0 Å². The van der Waals surface area contributed by atoms with Crippen molar-refractivity contribution in [2.45, 2.75) is 32.4 Å².